The third-order valence-electron chi connectivity index (χ3n) is 4.05. The smallest absolute Gasteiger partial charge is 0.410 e. The Morgan fingerprint density at radius 3 is 2.06 bits per heavy atom. The molecule has 3 aromatic rings. The van der Waals surface area contributed by atoms with E-state index < -0.39 is 6.09 Å². The number of amides is 2. The SMILES string of the molecule is CC(=O)Nc1ccc(C(=O)c2ccccc2)cc1NC(=S)NC(=O)Oc1ccccc1. The Bertz CT molecular complexity index is 1120. The van der Waals surface area contributed by atoms with E-state index in [4.69, 9.17) is 17.0 Å². The molecular formula is C23H19N3O4S. The van der Waals surface area contributed by atoms with Crippen molar-refractivity contribution in [1.82, 2.24) is 5.32 Å². The Kier molecular flexibility index (Phi) is 7.08. The van der Waals surface area contributed by atoms with Gasteiger partial charge in [0.1, 0.15) is 5.75 Å². The Hall–Kier alpha value is -4.04. The molecule has 0 aliphatic rings. The highest BCUT2D eigenvalue weighted by Gasteiger charge is 2.14. The molecule has 3 N–H and O–H groups in total. The summed E-state index contributed by atoms with van der Waals surface area (Å²) in [5.41, 5.74) is 1.66. The summed E-state index contributed by atoms with van der Waals surface area (Å²) in [6, 6.07) is 22.0. The summed E-state index contributed by atoms with van der Waals surface area (Å²) in [6.45, 7) is 1.36. The van der Waals surface area contributed by atoms with Gasteiger partial charge in [-0.3, -0.25) is 14.9 Å². The number of thiocarbonyl (C=S) groups is 1. The third-order valence-corrected chi connectivity index (χ3v) is 4.25. The zero-order valence-corrected chi connectivity index (χ0v) is 17.4. The quantitative estimate of drug-likeness (QED) is 0.409. The van der Waals surface area contributed by atoms with Gasteiger partial charge in [-0.1, -0.05) is 48.5 Å². The van der Waals surface area contributed by atoms with Crippen LogP contribution in [-0.2, 0) is 4.79 Å². The predicted molar refractivity (Wildman–Crippen MR) is 122 cm³/mol. The number of ether oxygens (including phenoxy) is 1. The van der Waals surface area contributed by atoms with E-state index in [1.54, 1.807) is 72.8 Å². The summed E-state index contributed by atoms with van der Waals surface area (Å²) in [7, 11) is 0. The molecule has 0 bridgehead atoms. The molecule has 2 amide bonds. The van der Waals surface area contributed by atoms with Crippen LogP contribution < -0.4 is 20.7 Å². The molecule has 156 valence electrons. The molecule has 0 spiro atoms. The van der Waals surface area contributed by atoms with Crippen LogP contribution in [0.2, 0.25) is 0 Å². The number of carbonyl (C=O) groups excluding carboxylic acids is 3. The van der Waals surface area contributed by atoms with E-state index in [9.17, 15) is 14.4 Å². The number of carbonyl (C=O) groups is 3. The lowest BCUT2D eigenvalue weighted by molar-refractivity contribution is -0.114. The fraction of sp³-hybridized carbons (Fsp3) is 0.0435. The minimum Gasteiger partial charge on any atom is -0.410 e. The molecule has 0 unspecified atom stereocenters. The summed E-state index contributed by atoms with van der Waals surface area (Å²) in [5, 5.41) is 7.83. The van der Waals surface area contributed by atoms with Crippen LogP contribution in [0.1, 0.15) is 22.8 Å². The van der Waals surface area contributed by atoms with Crippen LogP contribution >= 0.6 is 12.2 Å². The maximum Gasteiger partial charge on any atom is 0.418 e. The van der Waals surface area contributed by atoms with Gasteiger partial charge in [0.25, 0.3) is 0 Å². The minimum atomic E-state index is -0.777. The van der Waals surface area contributed by atoms with Crippen LogP contribution in [0.4, 0.5) is 16.2 Å². The molecule has 0 saturated carbocycles. The first-order chi connectivity index (χ1) is 14.9. The summed E-state index contributed by atoms with van der Waals surface area (Å²) < 4.78 is 5.14. The fourth-order valence-corrected chi connectivity index (χ4v) is 2.90. The van der Waals surface area contributed by atoms with Gasteiger partial charge >= 0.3 is 6.09 Å². The van der Waals surface area contributed by atoms with Crippen molar-refractivity contribution in [1.29, 1.82) is 0 Å². The van der Waals surface area contributed by atoms with E-state index >= 15 is 0 Å². The van der Waals surface area contributed by atoms with Gasteiger partial charge in [-0.25, -0.2) is 4.79 Å². The van der Waals surface area contributed by atoms with Crippen molar-refractivity contribution >= 4 is 46.5 Å². The number of benzene rings is 3. The van der Waals surface area contributed by atoms with Crippen molar-refractivity contribution in [2.75, 3.05) is 10.6 Å². The normalized spacial score (nSPS) is 9.97. The molecular weight excluding hydrogens is 414 g/mol. The van der Waals surface area contributed by atoms with Gasteiger partial charge in [0.2, 0.25) is 5.91 Å². The molecule has 0 aromatic heterocycles. The lowest BCUT2D eigenvalue weighted by Crippen LogP contribution is -2.36. The van der Waals surface area contributed by atoms with E-state index in [-0.39, 0.29) is 16.8 Å². The average molecular weight is 433 g/mol. The fourth-order valence-electron chi connectivity index (χ4n) is 2.71. The molecule has 0 aliphatic carbocycles. The highest BCUT2D eigenvalue weighted by molar-refractivity contribution is 7.80. The summed E-state index contributed by atoms with van der Waals surface area (Å²) in [5.74, 6) is -0.134. The molecule has 3 aromatic carbocycles. The van der Waals surface area contributed by atoms with Gasteiger partial charge in [-0.15, -0.1) is 0 Å². The molecule has 0 radical (unpaired) electrons. The van der Waals surface area contributed by atoms with Crippen LogP contribution in [-0.4, -0.2) is 22.9 Å². The molecule has 31 heavy (non-hydrogen) atoms. The van der Waals surface area contributed by atoms with Gasteiger partial charge in [0.15, 0.2) is 10.9 Å². The first kappa shape index (κ1) is 21.7. The number of anilines is 2. The van der Waals surface area contributed by atoms with Crippen molar-refractivity contribution in [3.8, 4) is 5.75 Å². The van der Waals surface area contributed by atoms with Crippen molar-refractivity contribution in [2.24, 2.45) is 0 Å². The Balaban J connectivity index is 1.77. The van der Waals surface area contributed by atoms with Crippen molar-refractivity contribution in [3.63, 3.8) is 0 Å². The number of rotatable bonds is 5. The molecule has 0 saturated heterocycles. The molecule has 0 heterocycles. The van der Waals surface area contributed by atoms with Crippen molar-refractivity contribution in [2.45, 2.75) is 6.92 Å². The zero-order valence-electron chi connectivity index (χ0n) is 16.5. The van der Waals surface area contributed by atoms with Crippen LogP contribution in [0, 0.1) is 0 Å². The van der Waals surface area contributed by atoms with Gasteiger partial charge in [0, 0.05) is 18.1 Å². The second kappa shape index (κ2) is 10.1. The van der Waals surface area contributed by atoms with E-state index in [2.05, 4.69) is 16.0 Å². The van der Waals surface area contributed by atoms with Gasteiger partial charge in [-0.2, -0.15) is 0 Å². The maximum atomic E-state index is 12.8. The Morgan fingerprint density at radius 1 is 0.774 bits per heavy atom. The zero-order chi connectivity index (χ0) is 22.2. The number of para-hydroxylation sites is 1. The van der Waals surface area contributed by atoms with Gasteiger partial charge in [-0.05, 0) is 42.5 Å². The van der Waals surface area contributed by atoms with E-state index in [0.717, 1.165) is 0 Å². The van der Waals surface area contributed by atoms with E-state index in [0.29, 0.717) is 28.3 Å². The Morgan fingerprint density at radius 2 is 1.42 bits per heavy atom. The van der Waals surface area contributed by atoms with Crippen LogP contribution in [0.5, 0.6) is 5.75 Å². The second-order valence-corrected chi connectivity index (χ2v) is 6.83. The predicted octanol–water partition coefficient (Wildman–Crippen LogP) is 4.36. The first-order valence-electron chi connectivity index (χ1n) is 9.28. The molecule has 0 fully saturated rings. The van der Waals surface area contributed by atoms with Gasteiger partial charge in [0.05, 0.1) is 11.4 Å². The topological polar surface area (TPSA) is 96.5 Å². The minimum absolute atomic E-state index is 0.0585. The standard InChI is InChI=1S/C23H19N3O4S/c1-15(27)24-19-13-12-17(21(28)16-8-4-2-5-9-16)14-20(19)25-22(31)26-23(29)30-18-10-6-3-7-11-18/h2-14H,1H3,(H,24,27)(H2,25,26,29,31). The molecule has 7 nitrogen and oxygen atoms in total. The average Bonchev–Trinajstić information content (AvgIpc) is 2.75. The second-order valence-electron chi connectivity index (χ2n) is 6.42. The lowest BCUT2D eigenvalue weighted by atomic mass is 10.0. The molecule has 3 rings (SSSR count). The van der Waals surface area contributed by atoms with E-state index in [1.165, 1.54) is 6.92 Å². The first-order valence-corrected chi connectivity index (χ1v) is 9.69. The monoisotopic (exact) mass is 433 g/mol. The number of nitrogens with one attached hydrogen (secondary N) is 3. The molecule has 8 heteroatoms. The third kappa shape index (κ3) is 6.22. The maximum absolute atomic E-state index is 12.8. The number of hydrogen-bond acceptors (Lipinski definition) is 5. The van der Waals surface area contributed by atoms with Crippen LogP contribution in [0.25, 0.3) is 0 Å². The number of ketones is 1. The Labute approximate surface area is 184 Å². The van der Waals surface area contributed by atoms with Crippen LogP contribution in [0.3, 0.4) is 0 Å². The van der Waals surface area contributed by atoms with Crippen molar-refractivity contribution < 1.29 is 19.1 Å². The summed E-state index contributed by atoms with van der Waals surface area (Å²) in [4.78, 5) is 36.4. The molecule has 0 atom stereocenters. The van der Waals surface area contributed by atoms with Crippen LogP contribution in [0.15, 0.2) is 78.9 Å². The molecule has 0 aliphatic heterocycles. The lowest BCUT2D eigenvalue weighted by Gasteiger charge is -2.15. The highest BCUT2D eigenvalue weighted by atomic mass is 32.1. The summed E-state index contributed by atoms with van der Waals surface area (Å²) >= 11 is 5.18. The number of hydrogen-bond donors (Lipinski definition) is 3. The van der Waals surface area contributed by atoms with E-state index in [1.807, 2.05) is 6.07 Å². The summed E-state index contributed by atoms with van der Waals surface area (Å²) in [6.07, 6.45) is -0.777. The largest absolute Gasteiger partial charge is 0.418 e. The van der Waals surface area contributed by atoms with Gasteiger partial charge < -0.3 is 15.4 Å². The highest BCUT2D eigenvalue weighted by Crippen LogP contribution is 2.25. The van der Waals surface area contributed by atoms with Crippen molar-refractivity contribution in [3.05, 3.63) is 90.0 Å².